The van der Waals surface area contributed by atoms with Gasteiger partial charge in [-0.2, -0.15) is 13.4 Å². The number of pyridine rings is 1. The Morgan fingerprint density at radius 3 is 2.76 bits per heavy atom. The maximum atomic E-state index is 13.1. The van der Waals surface area contributed by atoms with E-state index < -0.39 is 22.1 Å². The number of aromatic nitrogens is 4. The lowest BCUT2D eigenvalue weighted by molar-refractivity contribution is 0.0958. The monoisotopic (exact) mass is 526 g/mol. The highest BCUT2D eigenvalue weighted by molar-refractivity contribution is 7.85. The molecule has 0 atom stereocenters. The lowest BCUT2D eigenvalue weighted by atomic mass is 10.0. The minimum Gasteiger partial charge on any atom is -0.465 e. The average molecular weight is 527 g/mol. The number of carbonyl (C=O) groups excluding carboxylic acids is 1. The van der Waals surface area contributed by atoms with Crippen LogP contribution in [0.1, 0.15) is 33.4 Å². The van der Waals surface area contributed by atoms with Gasteiger partial charge in [-0.15, -0.1) is 0 Å². The Kier molecular flexibility index (Phi) is 6.13. The number of aryl methyl sites for hydroxylation is 1. The highest BCUT2D eigenvalue weighted by Crippen LogP contribution is 2.29. The number of imidazole rings is 1. The fourth-order valence-corrected chi connectivity index (χ4v) is 4.19. The van der Waals surface area contributed by atoms with Gasteiger partial charge in [0.15, 0.2) is 0 Å². The summed E-state index contributed by atoms with van der Waals surface area (Å²) in [5.41, 5.74) is 3.25. The first kappa shape index (κ1) is 24.4. The molecule has 1 aliphatic rings. The second-order valence-corrected chi connectivity index (χ2v) is 10.3. The van der Waals surface area contributed by atoms with Crippen molar-refractivity contribution in [2.45, 2.75) is 19.4 Å². The molecule has 0 spiro atoms. The van der Waals surface area contributed by atoms with Gasteiger partial charge in [0.2, 0.25) is 11.7 Å². The van der Waals surface area contributed by atoms with E-state index in [2.05, 4.69) is 20.4 Å². The fraction of sp³-hybridized carbons (Fsp3) is 0.261. The third-order valence-electron chi connectivity index (χ3n) is 5.93. The van der Waals surface area contributed by atoms with Crippen LogP contribution in [0.2, 0.25) is 0 Å². The minimum absolute atomic E-state index is 0.148. The van der Waals surface area contributed by atoms with Gasteiger partial charge >= 0.3 is 6.09 Å². The van der Waals surface area contributed by atoms with Crippen molar-refractivity contribution in [2.75, 3.05) is 24.7 Å². The van der Waals surface area contributed by atoms with E-state index in [1.807, 2.05) is 13.0 Å². The maximum Gasteiger partial charge on any atom is 0.407 e. The van der Waals surface area contributed by atoms with E-state index in [0.29, 0.717) is 47.3 Å². The summed E-state index contributed by atoms with van der Waals surface area (Å²) < 4.78 is 34.3. The van der Waals surface area contributed by atoms with Crippen LogP contribution in [0.15, 0.2) is 47.2 Å². The zero-order valence-electron chi connectivity index (χ0n) is 19.8. The number of nitrogens with zero attached hydrogens (tertiary/aromatic N) is 5. The third-order valence-corrected chi connectivity index (χ3v) is 6.47. The molecule has 3 aromatic heterocycles. The van der Waals surface area contributed by atoms with E-state index in [0.717, 1.165) is 11.8 Å². The number of carboxylic acid groups (broad SMARTS) is 1. The van der Waals surface area contributed by atoms with Gasteiger partial charge in [-0.05, 0) is 30.2 Å². The Morgan fingerprint density at radius 1 is 1.24 bits per heavy atom. The number of hydrogen-bond donors (Lipinski definition) is 2. The number of benzene rings is 1. The second-order valence-electron chi connectivity index (χ2n) is 8.70. The first-order valence-corrected chi connectivity index (χ1v) is 12.9. The Balaban J connectivity index is 1.34. The first-order valence-electron chi connectivity index (χ1n) is 11.1. The molecule has 4 aromatic rings. The molecule has 2 amide bonds. The molecule has 5 rings (SSSR count). The number of nitrogens with one attached hydrogen (secondary N) is 1. The SMILES string of the molecule is Cc1ccc(-c2noc(C3CN(C(=O)O)C3)n2)cc1NC(=O)c1cnc2ccc(COS(C)(=O)=O)cn12. The van der Waals surface area contributed by atoms with Crippen LogP contribution < -0.4 is 5.32 Å². The Labute approximate surface area is 210 Å². The lowest BCUT2D eigenvalue weighted by Crippen LogP contribution is -2.47. The third kappa shape index (κ3) is 5.15. The zero-order chi connectivity index (χ0) is 26.3. The average Bonchev–Trinajstić information content (AvgIpc) is 3.45. The summed E-state index contributed by atoms with van der Waals surface area (Å²) in [6, 6.07) is 8.67. The van der Waals surface area contributed by atoms with E-state index in [1.165, 1.54) is 11.1 Å². The number of carbonyl (C=O) groups is 2. The van der Waals surface area contributed by atoms with Crippen LogP contribution in [0.4, 0.5) is 10.5 Å². The number of fused-ring (bicyclic) bond motifs is 1. The van der Waals surface area contributed by atoms with Crippen molar-refractivity contribution in [2.24, 2.45) is 0 Å². The van der Waals surface area contributed by atoms with Crippen molar-refractivity contribution in [1.29, 1.82) is 0 Å². The molecule has 4 heterocycles. The topological polar surface area (TPSA) is 169 Å². The van der Waals surface area contributed by atoms with Crippen molar-refractivity contribution < 1.29 is 31.8 Å². The highest BCUT2D eigenvalue weighted by atomic mass is 32.2. The summed E-state index contributed by atoms with van der Waals surface area (Å²) in [4.78, 5) is 34.0. The Bertz CT molecular complexity index is 1620. The summed E-state index contributed by atoms with van der Waals surface area (Å²) in [7, 11) is -3.62. The lowest BCUT2D eigenvalue weighted by Gasteiger charge is -2.34. The molecule has 192 valence electrons. The summed E-state index contributed by atoms with van der Waals surface area (Å²) in [6.45, 7) is 2.27. The van der Waals surface area contributed by atoms with Gasteiger partial charge in [-0.25, -0.2) is 9.78 Å². The number of rotatable bonds is 7. The normalized spacial score (nSPS) is 14.1. The van der Waals surface area contributed by atoms with Gasteiger partial charge in [0.1, 0.15) is 11.3 Å². The van der Waals surface area contributed by atoms with Crippen molar-refractivity contribution >= 4 is 33.5 Å². The molecule has 37 heavy (non-hydrogen) atoms. The van der Waals surface area contributed by atoms with E-state index in [-0.39, 0.29) is 18.2 Å². The van der Waals surface area contributed by atoms with Crippen molar-refractivity contribution in [1.82, 2.24) is 24.4 Å². The summed E-state index contributed by atoms with van der Waals surface area (Å²) in [6.07, 6.45) is 3.00. The van der Waals surface area contributed by atoms with Gasteiger partial charge in [-0.3, -0.25) is 13.4 Å². The molecule has 0 bridgehead atoms. The molecule has 14 heteroatoms. The number of likely N-dealkylation sites (tertiary alicyclic amines) is 1. The van der Waals surface area contributed by atoms with Gasteiger partial charge < -0.3 is 19.8 Å². The second kappa shape index (κ2) is 9.29. The van der Waals surface area contributed by atoms with Crippen LogP contribution in [0.5, 0.6) is 0 Å². The first-order chi connectivity index (χ1) is 17.6. The zero-order valence-corrected chi connectivity index (χ0v) is 20.6. The van der Waals surface area contributed by atoms with Crippen LogP contribution in [0, 0.1) is 6.92 Å². The number of anilines is 1. The summed E-state index contributed by atoms with van der Waals surface area (Å²) in [5.74, 6) is 0.112. The molecule has 1 aliphatic heterocycles. The molecular formula is C23H22N6O7S. The summed E-state index contributed by atoms with van der Waals surface area (Å²) in [5, 5.41) is 15.9. The predicted molar refractivity (Wildman–Crippen MR) is 130 cm³/mol. The van der Waals surface area contributed by atoms with Crippen LogP contribution in [-0.2, 0) is 20.9 Å². The van der Waals surface area contributed by atoms with Crippen molar-refractivity contribution in [3.8, 4) is 11.4 Å². The molecule has 1 saturated heterocycles. The largest absolute Gasteiger partial charge is 0.465 e. The standard InChI is InChI=1S/C23H22N6O7S/c1-13-3-5-15(20-26-22(36-27-20)16-10-28(11-16)23(31)32)7-17(13)25-21(30)18-8-24-19-6-4-14(9-29(18)19)12-35-37(2,33)34/h3-9,16H,10-12H2,1-2H3,(H,25,30)(H,31,32). The highest BCUT2D eigenvalue weighted by Gasteiger charge is 2.35. The van der Waals surface area contributed by atoms with E-state index >= 15 is 0 Å². The summed E-state index contributed by atoms with van der Waals surface area (Å²) >= 11 is 0. The molecular weight excluding hydrogens is 504 g/mol. The molecule has 0 aliphatic carbocycles. The predicted octanol–water partition coefficient (Wildman–Crippen LogP) is 2.50. The Morgan fingerprint density at radius 2 is 2.03 bits per heavy atom. The van der Waals surface area contributed by atoms with Gasteiger partial charge in [0.25, 0.3) is 16.0 Å². The van der Waals surface area contributed by atoms with Crippen LogP contribution in [0.25, 0.3) is 17.0 Å². The molecule has 13 nitrogen and oxygen atoms in total. The maximum absolute atomic E-state index is 13.1. The Hall–Kier alpha value is -4.30. The van der Waals surface area contributed by atoms with Crippen molar-refractivity contribution in [3.63, 3.8) is 0 Å². The molecule has 0 radical (unpaired) electrons. The van der Waals surface area contributed by atoms with E-state index in [4.69, 9.17) is 13.8 Å². The molecule has 0 unspecified atom stereocenters. The molecule has 1 fully saturated rings. The van der Waals surface area contributed by atoms with Gasteiger partial charge in [-0.1, -0.05) is 23.4 Å². The van der Waals surface area contributed by atoms with Crippen molar-refractivity contribution in [3.05, 3.63) is 65.4 Å². The quantitative estimate of drug-likeness (QED) is 0.341. The molecule has 2 N–H and O–H groups in total. The molecule has 1 aromatic carbocycles. The van der Waals surface area contributed by atoms with Gasteiger partial charge in [0, 0.05) is 30.5 Å². The fourth-order valence-electron chi connectivity index (χ4n) is 3.84. The molecule has 0 saturated carbocycles. The minimum atomic E-state index is -3.62. The van der Waals surface area contributed by atoms with E-state index in [9.17, 15) is 18.0 Å². The smallest absolute Gasteiger partial charge is 0.407 e. The van der Waals surface area contributed by atoms with Crippen LogP contribution in [-0.4, -0.2) is 69.3 Å². The number of hydrogen-bond acceptors (Lipinski definition) is 9. The van der Waals surface area contributed by atoms with Gasteiger partial charge in [0.05, 0.1) is 25.0 Å². The van der Waals surface area contributed by atoms with Crippen LogP contribution >= 0.6 is 0 Å². The van der Waals surface area contributed by atoms with Crippen LogP contribution in [0.3, 0.4) is 0 Å². The van der Waals surface area contributed by atoms with E-state index in [1.54, 1.807) is 34.9 Å². The number of amides is 2.